The van der Waals surface area contributed by atoms with Gasteiger partial charge in [-0.2, -0.15) is 23.5 Å². The fourth-order valence-corrected chi connectivity index (χ4v) is 3.78. The Morgan fingerprint density at radius 1 is 0.750 bits per heavy atom. The van der Waals surface area contributed by atoms with Crippen LogP contribution in [0, 0.1) is 0 Å². The average Bonchev–Trinajstić information content (AvgIpc) is 2.32. The van der Waals surface area contributed by atoms with Gasteiger partial charge in [0.05, 0.1) is 0 Å². The molecule has 0 aromatic heterocycles. The largest absolute Gasteiger partial charge is 0.150 e. The van der Waals surface area contributed by atoms with Crippen molar-refractivity contribution in [3.63, 3.8) is 0 Å². The quantitative estimate of drug-likeness (QED) is 0.447. The Morgan fingerprint density at radius 2 is 1.12 bits per heavy atom. The summed E-state index contributed by atoms with van der Waals surface area (Å²) in [6.45, 7) is 4.51. The first-order chi connectivity index (χ1) is 7.86. The number of hydrogen-bond donors (Lipinski definition) is 0. The number of rotatable bonds is 8. The third-order valence-electron chi connectivity index (χ3n) is 2.60. The number of hydrogen-bond acceptors (Lipinski definition) is 2. The first-order valence-electron chi connectivity index (χ1n) is 6.46. The fraction of sp³-hybridized carbons (Fsp3) is 0.714. The highest BCUT2D eigenvalue weighted by Gasteiger charge is 2.09. The van der Waals surface area contributed by atoms with Gasteiger partial charge in [0.15, 0.2) is 0 Å². The lowest BCUT2D eigenvalue weighted by Gasteiger charge is -2.16. The summed E-state index contributed by atoms with van der Waals surface area (Å²) in [7, 11) is 0. The van der Waals surface area contributed by atoms with Gasteiger partial charge in [-0.15, -0.1) is 0 Å². The van der Waals surface area contributed by atoms with Crippen LogP contribution in [0.15, 0.2) is 24.3 Å². The summed E-state index contributed by atoms with van der Waals surface area (Å²) in [4.78, 5) is 0. The van der Waals surface area contributed by atoms with E-state index in [0.29, 0.717) is 10.5 Å². The molecule has 0 nitrogen and oxygen atoms in total. The maximum Gasteiger partial charge on any atom is 0.0408 e. The molecule has 0 unspecified atom stereocenters. The summed E-state index contributed by atoms with van der Waals surface area (Å²) >= 11 is 4.14. The van der Waals surface area contributed by atoms with Crippen LogP contribution >= 0.6 is 23.5 Å². The lowest BCUT2D eigenvalue weighted by atomic mass is 10.2. The van der Waals surface area contributed by atoms with Crippen molar-refractivity contribution in [1.29, 1.82) is 0 Å². The van der Waals surface area contributed by atoms with Crippen LogP contribution in [-0.4, -0.2) is 22.0 Å². The van der Waals surface area contributed by atoms with Crippen molar-refractivity contribution in [2.45, 2.75) is 50.0 Å². The van der Waals surface area contributed by atoms with Crippen LogP contribution in [0.3, 0.4) is 0 Å². The van der Waals surface area contributed by atoms with Gasteiger partial charge >= 0.3 is 0 Å². The Labute approximate surface area is 109 Å². The minimum Gasteiger partial charge on any atom is -0.150 e. The molecule has 92 valence electrons. The average molecular weight is 256 g/mol. The SMILES string of the molecule is CCCCSC1C=CC(SCCCC)C=C1. The van der Waals surface area contributed by atoms with E-state index in [1.54, 1.807) is 0 Å². The van der Waals surface area contributed by atoms with Gasteiger partial charge in [0, 0.05) is 10.5 Å². The smallest absolute Gasteiger partial charge is 0.0408 e. The molecule has 1 rings (SSSR count). The topological polar surface area (TPSA) is 0 Å². The molecular weight excluding hydrogens is 232 g/mol. The molecule has 0 atom stereocenters. The van der Waals surface area contributed by atoms with Gasteiger partial charge < -0.3 is 0 Å². The molecule has 0 bridgehead atoms. The summed E-state index contributed by atoms with van der Waals surface area (Å²) in [6, 6.07) is 0. The van der Waals surface area contributed by atoms with E-state index < -0.39 is 0 Å². The molecule has 1 aliphatic carbocycles. The Balaban J connectivity index is 2.14. The van der Waals surface area contributed by atoms with Crippen LogP contribution in [-0.2, 0) is 0 Å². The van der Waals surface area contributed by atoms with Crippen LogP contribution in [0.25, 0.3) is 0 Å². The van der Waals surface area contributed by atoms with Crippen molar-refractivity contribution in [2.75, 3.05) is 11.5 Å². The van der Waals surface area contributed by atoms with E-state index in [2.05, 4.69) is 61.7 Å². The minimum atomic E-state index is 0.634. The Bertz CT molecular complexity index is 185. The van der Waals surface area contributed by atoms with Crippen LogP contribution in [0.1, 0.15) is 39.5 Å². The molecule has 0 N–H and O–H groups in total. The highest BCUT2D eigenvalue weighted by Crippen LogP contribution is 2.24. The van der Waals surface area contributed by atoms with Gasteiger partial charge in [0.25, 0.3) is 0 Å². The van der Waals surface area contributed by atoms with Crippen molar-refractivity contribution in [3.8, 4) is 0 Å². The summed E-state index contributed by atoms with van der Waals surface area (Å²) in [5.74, 6) is 2.59. The van der Waals surface area contributed by atoms with E-state index >= 15 is 0 Å². The Hall–Kier alpha value is 0.180. The second-order valence-electron chi connectivity index (χ2n) is 4.15. The molecule has 0 spiro atoms. The Morgan fingerprint density at radius 3 is 1.44 bits per heavy atom. The molecule has 0 heterocycles. The summed E-state index contributed by atoms with van der Waals surface area (Å²) in [6.07, 6.45) is 14.8. The molecule has 1 aliphatic rings. The van der Waals surface area contributed by atoms with E-state index in [4.69, 9.17) is 0 Å². The summed E-state index contributed by atoms with van der Waals surface area (Å²) in [5, 5.41) is 1.27. The van der Waals surface area contributed by atoms with Crippen molar-refractivity contribution < 1.29 is 0 Å². The third kappa shape index (κ3) is 6.05. The van der Waals surface area contributed by atoms with E-state index in [1.165, 1.54) is 37.2 Å². The molecule has 0 fully saturated rings. The van der Waals surface area contributed by atoms with E-state index in [1.807, 2.05) is 0 Å². The van der Waals surface area contributed by atoms with Crippen LogP contribution < -0.4 is 0 Å². The highest BCUT2D eigenvalue weighted by atomic mass is 32.2. The predicted octanol–water partition coefficient (Wildman–Crippen LogP) is 4.92. The zero-order valence-electron chi connectivity index (χ0n) is 10.5. The zero-order valence-corrected chi connectivity index (χ0v) is 12.2. The molecule has 0 radical (unpaired) electrons. The first-order valence-corrected chi connectivity index (χ1v) is 8.56. The van der Waals surface area contributed by atoms with Gasteiger partial charge in [-0.1, -0.05) is 51.0 Å². The lowest BCUT2D eigenvalue weighted by Crippen LogP contribution is -2.06. The second-order valence-corrected chi connectivity index (χ2v) is 6.72. The monoisotopic (exact) mass is 256 g/mol. The molecule has 0 aliphatic heterocycles. The summed E-state index contributed by atoms with van der Waals surface area (Å²) < 4.78 is 0. The second kappa shape index (κ2) is 9.23. The molecule has 2 heteroatoms. The van der Waals surface area contributed by atoms with E-state index in [9.17, 15) is 0 Å². The van der Waals surface area contributed by atoms with Crippen LogP contribution in [0.4, 0.5) is 0 Å². The van der Waals surface area contributed by atoms with Gasteiger partial charge in [0.2, 0.25) is 0 Å². The highest BCUT2D eigenvalue weighted by molar-refractivity contribution is 8.00. The molecule has 0 saturated heterocycles. The zero-order chi connectivity index (χ0) is 11.6. The maximum absolute atomic E-state index is 2.38. The van der Waals surface area contributed by atoms with Gasteiger partial charge in [0.1, 0.15) is 0 Å². The maximum atomic E-state index is 2.38. The van der Waals surface area contributed by atoms with E-state index in [0.717, 1.165) is 0 Å². The van der Waals surface area contributed by atoms with E-state index in [-0.39, 0.29) is 0 Å². The lowest BCUT2D eigenvalue weighted by molar-refractivity contribution is 0.894. The fourth-order valence-electron chi connectivity index (χ4n) is 1.52. The van der Waals surface area contributed by atoms with Crippen molar-refractivity contribution >= 4 is 23.5 Å². The minimum absolute atomic E-state index is 0.634. The van der Waals surface area contributed by atoms with Gasteiger partial charge in [-0.25, -0.2) is 0 Å². The third-order valence-corrected chi connectivity index (χ3v) is 5.04. The Kier molecular flexibility index (Phi) is 8.22. The van der Waals surface area contributed by atoms with Crippen LogP contribution in [0.5, 0.6) is 0 Å². The molecule has 0 aromatic carbocycles. The molecule has 0 amide bonds. The van der Waals surface area contributed by atoms with Gasteiger partial charge in [-0.3, -0.25) is 0 Å². The summed E-state index contributed by atoms with van der Waals surface area (Å²) in [5.41, 5.74) is 0. The molecular formula is C14H24S2. The number of unbranched alkanes of at least 4 members (excludes halogenated alkanes) is 2. The van der Waals surface area contributed by atoms with Crippen molar-refractivity contribution in [3.05, 3.63) is 24.3 Å². The molecule has 16 heavy (non-hydrogen) atoms. The van der Waals surface area contributed by atoms with Crippen molar-refractivity contribution in [2.24, 2.45) is 0 Å². The predicted molar refractivity (Wildman–Crippen MR) is 80.6 cm³/mol. The molecule has 0 aromatic rings. The van der Waals surface area contributed by atoms with Crippen LogP contribution in [0.2, 0.25) is 0 Å². The normalized spacial score (nSPS) is 23.9. The molecule has 0 saturated carbocycles. The standard InChI is InChI=1S/C14H24S2/c1-3-5-11-15-13-7-9-14(10-8-13)16-12-6-4-2/h7-10,13-14H,3-6,11-12H2,1-2H3. The van der Waals surface area contributed by atoms with Crippen molar-refractivity contribution in [1.82, 2.24) is 0 Å². The van der Waals surface area contributed by atoms with Gasteiger partial charge in [-0.05, 0) is 24.3 Å². The first kappa shape index (κ1) is 14.2. The number of thioether (sulfide) groups is 2.